The first-order valence-corrected chi connectivity index (χ1v) is 5.63. The molecule has 0 amide bonds. The lowest BCUT2D eigenvalue weighted by Gasteiger charge is -2.19. The van der Waals surface area contributed by atoms with Crippen molar-refractivity contribution < 1.29 is 13.2 Å². The fourth-order valence-corrected chi connectivity index (χ4v) is 1.40. The SMILES string of the molecule is CC(C)C(C)Nc1ccc(C(F)(F)F)c(C#N)c1. The highest BCUT2D eigenvalue weighted by atomic mass is 19.4. The van der Waals surface area contributed by atoms with E-state index in [1.165, 1.54) is 12.1 Å². The van der Waals surface area contributed by atoms with Crippen LogP contribution in [-0.2, 0) is 6.18 Å². The molecule has 0 bridgehead atoms. The highest BCUT2D eigenvalue weighted by molar-refractivity contribution is 5.54. The molecule has 1 aromatic carbocycles. The van der Waals surface area contributed by atoms with Crippen LogP contribution in [0, 0.1) is 17.2 Å². The van der Waals surface area contributed by atoms with Crippen LogP contribution in [0.1, 0.15) is 31.9 Å². The van der Waals surface area contributed by atoms with Crippen LogP contribution in [0.4, 0.5) is 18.9 Å². The molecule has 1 atom stereocenters. The highest BCUT2D eigenvalue weighted by Crippen LogP contribution is 2.33. The van der Waals surface area contributed by atoms with E-state index in [4.69, 9.17) is 5.26 Å². The van der Waals surface area contributed by atoms with Gasteiger partial charge in [0.05, 0.1) is 17.2 Å². The summed E-state index contributed by atoms with van der Waals surface area (Å²) in [6, 6.07) is 5.23. The molecule has 1 N–H and O–H groups in total. The minimum Gasteiger partial charge on any atom is -0.382 e. The second-order valence-corrected chi connectivity index (χ2v) is 4.55. The monoisotopic (exact) mass is 256 g/mol. The number of nitriles is 1. The predicted octanol–water partition coefficient (Wildman–Crippen LogP) is 4.03. The van der Waals surface area contributed by atoms with Crippen molar-refractivity contribution in [2.75, 3.05) is 5.32 Å². The van der Waals surface area contributed by atoms with Gasteiger partial charge in [0.15, 0.2) is 0 Å². The van der Waals surface area contributed by atoms with Crippen molar-refractivity contribution in [1.29, 1.82) is 5.26 Å². The van der Waals surface area contributed by atoms with Gasteiger partial charge in [0.1, 0.15) is 0 Å². The van der Waals surface area contributed by atoms with Crippen molar-refractivity contribution in [3.63, 3.8) is 0 Å². The maximum atomic E-state index is 12.6. The van der Waals surface area contributed by atoms with Gasteiger partial charge in [-0.2, -0.15) is 18.4 Å². The van der Waals surface area contributed by atoms with Gasteiger partial charge in [-0.3, -0.25) is 0 Å². The zero-order chi connectivity index (χ0) is 13.9. The van der Waals surface area contributed by atoms with E-state index in [-0.39, 0.29) is 11.6 Å². The van der Waals surface area contributed by atoms with E-state index in [9.17, 15) is 13.2 Å². The molecule has 0 aliphatic carbocycles. The normalized spacial score (nSPS) is 13.2. The number of benzene rings is 1. The molecule has 0 aliphatic heterocycles. The van der Waals surface area contributed by atoms with Crippen molar-refractivity contribution in [2.45, 2.75) is 33.0 Å². The first kappa shape index (κ1) is 14.4. The molecule has 2 nitrogen and oxygen atoms in total. The van der Waals surface area contributed by atoms with Crippen molar-refractivity contribution in [3.05, 3.63) is 29.3 Å². The number of alkyl halides is 3. The Morgan fingerprint density at radius 3 is 2.28 bits per heavy atom. The third-order valence-electron chi connectivity index (χ3n) is 2.84. The van der Waals surface area contributed by atoms with Gasteiger partial charge in [-0.25, -0.2) is 0 Å². The fraction of sp³-hybridized carbons (Fsp3) is 0.462. The summed E-state index contributed by atoms with van der Waals surface area (Å²) < 4.78 is 37.8. The molecule has 18 heavy (non-hydrogen) atoms. The van der Waals surface area contributed by atoms with Gasteiger partial charge in [0.25, 0.3) is 0 Å². The minimum absolute atomic E-state index is 0.119. The molecular formula is C13H15F3N2. The molecule has 0 saturated carbocycles. The van der Waals surface area contributed by atoms with Gasteiger partial charge in [0.2, 0.25) is 0 Å². The summed E-state index contributed by atoms with van der Waals surface area (Å²) >= 11 is 0. The van der Waals surface area contributed by atoms with Crippen molar-refractivity contribution in [3.8, 4) is 6.07 Å². The summed E-state index contributed by atoms with van der Waals surface area (Å²) in [5, 5.41) is 11.8. The van der Waals surface area contributed by atoms with Gasteiger partial charge in [0, 0.05) is 11.7 Å². The number of nitrogens with zero attached hydrogens (tertiary/aromatic N) is 1. The Kier molecular flexibility index (Phi) is 4.23. The molecule has 0 heterocycles. The second kappa shape index (κ2) is 5.30. The first-order chi connectivity index (χ1) is 8.25. The van der Waals surface area contributed by atoms with Crippen molar-refractivity contribution in [1.82, 2.24) is 0 Å². The van der Waals surface area contributed by atoms with Crippen LogP contribution in [0.2, 0.25) is 0 Å². The lowest BCUT2D eigenvalue weighted by Crippen LogP contribution is -2.21. The Bertz CT molecular complexity index is 458. The van der Waals surface area contributed by atoms with Crippen LogP contribution in [-0.4, -0.2) is 6.04 Å². The van der Waals surface area contributed by atoms with Crippen LogP contribution in [0.3, 0.4) is 0 Å². The molecular weight excluding hydrogens is 241 g/mol. The first-order valence-electron chi connectivity index (χ1n) is 5.63. The molecule has 0 spiro atoms. The minimum atomic E-state index is -4.49. The smallest absolute Gasteiger partial charge is 0.382 e. The Morgan fingerprint density at radius 2 is 1.83 bits per heavy atom. The van der Waals surface area contributed by atoms with Crippen LogP contribution in [0.5, 0.6) is 0 Å². The zero-order valence-electron chi connectivity index (χ0n) is 10.5. The summed E-state index contributed by atoms with van der Waals surface area (Å²) in [4.78, 5) is 0. The topological polar surface area (TPSA) is 35.8 Å². The van der Waals surface area contributed by atoms with Crippen LogP contribution < -0.4 is 5.32 Å². The van der Waals surface area contributed by atoms with Gasteiger partial charge in [-0.15, -0.1) is 0 Å². The van der Waals surface area contributed by atoms with Gasteiger partial charge in [-0.05, 0) is 31.0 Å². The molecule has 0 fully saturated rings. The van der Waals surface area contributed by atoms with Crippen molar-refractivity contribution in [2.24, 2.45) is 5.92 Å². The van der Waals surface area contributed by atoms with Crippen molar-refractivity contribution >= 4 is 5.69 Å². The summed E-state index contributed by atoms with van der Waals surface area (Å²) in [6.07, 6.45) is -4.49. The lowest BCUT2D eigenvalue weighted by atomic mass is 10.0. The largest absolute Gasteiger partial charge is 0.417 e. The standard InChI is InChI=1S/C13H15F3N2/c1-8(2)9(3)18-11-4-5-12(13(14,15)16)10(6-11)7-17/h4-6,8-9,18H,1-3H3. The maximum absolute atomic E-state index is 12.6. The summed E-state index contributed by atoms with van der Waals surface area (Å²) in [5.74, 6) is 0.345. The molecule has 0 aliphatic rings. The van der Waals surface area contributed by atoms with E-state index in [1.807, 2.05) is 20.8 Å². The van der Waals surface area contributed by atoms with E-state index < -0.39 is 11.7 Å². The Labute approximate surface area is 104 Å². The quantitative estimate of drug-likeness (QED) is 0.886. The molecule has 0 saturated heterocycles. The fourth-order valence-electron chi connectivity index (χ4n) is 1.40. The van der Waals surface area contributed by atoms with E-state index in [1.54, 1.807) is 6.07 Å². The van der Waals surface area contributed by atoms with Crippen LogP contribution in [0.25, 0.3) is 0 Å². The summed E-state index contributed by atoms with van der Waals surface area (Å²) in [6.45, 7) is 5.95. The summed E-state index contributed by atoms with van der Waals surface area (Å²) in [5.41, 5.74) is -0.725. The van der Waals surface area contributed by atoms with Crippen LogP contribution >= 0.6 is 0 Å². The van der Waals surface area contributed by atoms with Gasteiger partial charge in [-0.1, -0.05) is 13.8 Å². The average Bonchev–Trinajstić information content (AvgIpc) is 2.27. The van der Waals surface area contributed by atoms with Gasteiger partial charge < -0.3 is 5.32 Å². The average molecular weight is 256 g/mol. The third kappa shape index (κ3) is 3.39. The number of hydrogen-bond donors (Lipinski definition) is 1. The highest BCUT2D eigenvalue weighted by Gasteiger charge is 2.33. The Morgan fingerprint density at radius 1 is 1.22 bits per heavy atom. The zero-order valence-corrected chi connectivity index (χ0v) is 10.5. The van der Waals surface area contributed by atoms with Crippen LogP contribution in [0.15, 0.2) is 18.2 Å². The number of halogens is 3. The maximum Gasteiger partial charge on any atom is 0.417 e. The molecule has 1 unspecified atom stereocenters. The van der Waals surface area contributed by atoms with E-state index in [0.717, 1.165) is 6.07 Å². The molecule has 0 radical (unpaired) electrons. The number of anilines is 1. The van der Waals surface area contributed by atoms with E-state index in [0.29, 0.717) is 11.6 Å². The number of hydrogen-bond acceptors (Lipinski definition) is 2. The molecule has 0 aromatic heterocycles. The predicted molar refractivity (Wildman–Crippen MR) is 64.1 cm³/mol. The number of rotatable bonds is 3. The van der Waals surface area contributed by atoms with Gasteiger partial charge >= 0.3 is 6.18 Å². The molecule has 1 aromatic rings. The van der Waals surface area contributed by atoms with E-state index >= 15 is 0 Å². The third-order valence-corrected chi connectivity index (χ3v) is 2.84. The lowest BCUT2D eigenvalue weighted by molar-refractivity contribution is -0.137. The second-order valence-electron chi connectivity index (χ2n) is 4.55. The molecule has 1 rings (SSSR count). The Balaban J connectivity index is 3.04. The summed E-state index contributed by atoms with van der Waals surface area (Å²) in [7, 11) is 0. The Hall–Kier alpha value is -1.70. The molecule has 5 heteroatoms. The number of nitrogens with one attached hydrogen (secondary N) is 1. The van der Waals surface area contributed by atoms with E-state index in [2.05, 4.69) is 5.32 Å². The molecule has 98 valence electrons.